The van der Waals surface area contributed by atoms with Crippen LogP contribution in [0.3, 0.4) is 0 Å². The average molecular weight is 357 g/mol. The lowest BCUT2D eigenvalue weighted by Crippen LogP contribution is -2.15. The number of aliphatic hydroxyl groups excluding tert-OH is 1. The standard InChI is InChI=1S/C18H23N5O3/c1-4-8-23-14-9-11(16(19)24)6-7-13(14)21-18(23)22-17(25)15-12(5-2)20-10(3)26-15/h6-7,9,17,25H,4-5,8H2,1-3H3,(H2,19,24)(H,21,22). The maximum Gasteiger partial charge on any atom is 0.248 e. The Labute approximate surface area is 151 Å². The number of hydrogen-bond donors (Lipinski definition) is 3. The molecule has 26 heavy (non-hydrogen) atoms. The largest absolute Gasteiger partial charge is 0.441 e. The number of anilines is 1. The summed E-state index contributed by atoms with van der Waals surface area (Å²) < 4.78 is 7.46. The molecule has 138 valence electrons. The highest BCUT2D eigenvalue weighted by Crippen LogP contribution is 2.26. The lowest BCUT2D eigenvalue weighted by Gasteiger charge is -2.14. The third-order valence-corrected chi connectivity index (χ3v) is 4.16. The summed E-state index contributed by atoms with van der Waals surface area (Å²) >= 11 is 0. The minimum atomic E-state index is -1.07. The van der Waals surface area contributed by atoms with Gasteiger partial charge in [-0.1, -0.05) is 13.8 Å². The van der Waals surface area contributed by atoms with Gasteiger partial charge >= 0.3 is 0 Å². The molecule has 0 fully saturated rings. The zero-order valence-corrected chi connectivity index (χ0v) is 15.1. The average Bonchev–Trinajstić information content (AvgIpc) is 3.15. The summed E-state index contributed by atoms with van der Waals surface area (Å²) in [5.41, 5.74) is 8.00. The molecule has 8 heteroatoms. The first kappa shape index (κ1) is 17.9. The zero-order chi connectivity index (χ0) is 18.8. The molecule has 0 saturated carbocycles. The second kappa shape index (κ2) is 7.17. The van der Waals surface area contributed by atoms with Gasteiger partial charge in [-0.2, -0.15) is 0 Å². The fourth-order valence-corrected chi connectivity index (χ4v) is 2.98. The second-order valence-electron chi connectivity index (χ2n) is 6.10. The Morgan fingerprint density at radius 1 is 1.38 bits per heavy atom. The molecule has 1 atom stereocenters. The quantitative estimate of drug-likeness (QED) is 0.559. The number of rotatable bonds is 7. The van der Waals surface area contributed by atoms with Crippen LogP contribution >= 0.6 is 0 Å². The van der Waals surface area contributed by atoms with Crippen molar-refractivity contribution in [3.8, 4) is 0 Å². The number of carbonyl (C=O) groups excluding carboxylic acids is 1. The SMILES string of the molecule is CCCn1c(NC(O)c2oc(C)nc2CC)nc2ccc(C(N)=O)cc21. The highest BCUT2D eigenvalue weighted by Gasteiger charge is 2.21. The topological polar surface area (TPSA) is 119 Å². The molecule has 8 nitrogen and oxygen atoms in total. The Morgan fingerprint density at radius 2 is 2.15 bits per heavy atom. The molecular weight excluding hydrogens is 334 g/mol. The monoisotopic (exact) mass is 357 g/mol. The van der Waals surface area contributed by atoms with Crippen LogP contribution in [0.4, 0.5) is 5.95 Å². The van der Waals surface area contributed by atoms with E-state index in [9.17, 15) is 9.90 Å². The van der Waals surface area contributed by atoms with E-state index in [1.165, 1.54) is 0 Å². The maximum absolute atomic E-state index is 11.5. The van der Waals surface area contributed by atoms with E-state index in [1.807, 2.05) is 18.4 Å². The number of oxazole rings is 1. The number of aryl methyl sites for hydroxylation is 3. The summed E-state index contributed by atoms with van der Waals surface area (Å²) in [5, 5.41) is 13.6. The highest BCUT2D eigenvalue weighted by molar-refractivity contribution is 5.96. The Hall–Kier alpha value is -2.87. The van der Waals surface area contributed by atoms with Crippen molar-refractivity contribution in [1.82, 2.24) is 14.5 Å². The number of nitrogens with one attached hydrogen (secondary N) is 1. The van der Waals surface area contributed by atoms with E-state index >= 15 is 0 Å². The van der Waals surface area contributed by atoms with E-state index in [2.05, 4.69) is 15.3 Å². The number of aromatic nitrogens is 3. The Morgan fingerprint density at radius 3 is 2.81 bits per heavy atom. The molecule has 1 unspecified atom stereocenters. The maximum atomic E-state index is 11.5. The van der Waals surface area contributed by atoms with Gasteiger partial charge in [0.15, 0.2) is 17.9 Å². The van der Waals surface area contributed by atoms with Gasteiger partial charge in [-0.3, -0.25) is 4.79 Å². The van der Waals surface area contributed by atoms with Gasteiger partial charge in [-0.05, 0) is 31.0 Å². The molecule has 0 spiro atoms. The summed E-state index contributed by atoms with van der Waals surface area (Å²) in [6, 6.07) is 5.10. The number of nitrogens with two attached hydrogens (primary N) is 1. The number of hydrogen-bond acceptors (Lipinski definition) is 6. The molecule has 1 amide bonds. The lowest BCUT2D eigenvalue weighted by atomic mass is 10.2. The molecule has 3 rings (SSSR count). The van der Waals surface area contributed by atoms with E-state index in [1.54, 1.807) is 25.1 Å². The molecule has 4 N–H and O–H groups in total. The molecule has 2 heterocycles. The van der Waals surface area contributed by atoms with Crippen molar-refractivity contribution in [3.05, 3.63) is 41.1 Å². The van der Waals surface area contributed by atoms with E-state index in [4.69, 9.17) is 10.2 Å². The Kier molecular flexibility index (Phi) is 4.94. The van der Waals surface area contributed by atoms with Gasteiger partial charge in [0.25, 0.3) is 0 Å². The summed E-state index contributed by atoms with van der Waals surface area (Å²) in [7, 11) is 0. The number of primary amides is 1. The molecule has 0 aliphatic heterocycles. The second-order valence-corrected chi connectivity index (χ2v) is 6.10. The Balaban J connectivity index is 2.00. The van der Waals surface area contributed by atoms with Gasteiger partial charge in [0.05, 0.1) is 16.7 Å². The summed E-state index contributed by atoms with van der Waals surface area (Å²) in [5.74, 6) is 0.895. The van der Waals surface area contributed by atoms with Crippen LogP contribution < -0.4 is 11.1 Å². The van der Waals surface area contributed by atoms with Gasteiger partial charge in [0, 0.05) is 19.0 Å². The van der Waals surface area contributed by atoms with Gasteiger partial charge in [-0.25, -0.2) is 9.97 Å². The number of fused-ring (bicyclic) bond motifs is 1. The van der Waals surface area contributed by atoms with Crippen LogP contribution in [-0.2, 0) is 13.0 Å². The summed E-state index contributed by atoms with van der Waals surface area (Å²) in [4.78, 5) is 20.3. The number of nitrogens with zero attached hydrogens (tertiary/aromatic N) is 3. The van der Waals surface area contributed by atoms with E-state index < -0.39 is 12.1 Å². The van der Waals surface area contributed by atoms with Crippen LogP contribution in [0.25, 0.3) is 11.0 Å². The predicted molar refractivity (Wildman–Crippen MR) is 97.7 cm³/mol. The van der Waals surface area contributed by atoms with Crippen LogP contribution in [0.2, 0.25) is 0 Å². The van der Waals surface area contributed by atoms with Crippen molar-refractivity contribution in [2.75, 3.05) is 5.32 Å². The van der Waals surface area contributed by atoms with Crippen molar-refractivity contribution in [1.29, 1.82) is 0 Å². The highest BCUT2D eigenvalue weighted by atomic mass is 16.4. The molecule has 1 aromatic carbocycles. The molecule has 0 saturated heterocycles. The third kappa shape index (κ3) is 3.28. The molecule has 0 aliphatic carbocycles. The molecule has 3 aromatic rings. The van der Waals surface area contributed by atoms with Crippen LogP contribution in [0.1, 0.15) is 54.2 Å². The number of benzene rings is 1. The number of aliphatic hydroxyl groups is 1. The van der Waals surface area contributed by atoms with Crippen molar-refractivity contribution < 1.29 is 14.3 Å². The summed E-state index contributed by atoms with van der Waals surface area (Å²) in [6.07, 6.45) is 0.436. The number of carbonyl (C=O) groups is 1. The molecule has 0 radical (unpaired) electrons. The first-order chi connectivity index (χ1) is 12.4. The zero-order valence-electron chi connectivity index (χ0n) is 15.1. The summed E-state index contributed by atoms with van der Waals surface area (Å²) in [6.45, 7) is 6.40. The smallest absolute Gasteiger partial charge is 0.248 e. The fraction of sp³-hybridized carbons (Fsp3) is 0.389. The van der Waals surface area contributed by atoms with Gasteiger partial charge in [-0.15, -0.1) is 0 Å². The van der Waals surface area contributed by atoms with Crippen LogP contribution in [0, 0.1) is 6.92 Å². The van der Waals surface area contributed by atoms with Crippen molar-refractivity contribution >= 4 is 22.9 Å². The lowest BCUT2D eigenvalue weighted by molar-refractivity contribution is 0.100. The minimum Gasteiger partial charge on any atom is -0.441 e. The Bertz CT molecular complexity index is 944. The molecule has 0 aliphatic rings. The number of imidazole rings is 1. The first-order valence-electron chi connectivity index (χ1n) is 8.65. The molecule has 0 bridgehead atoms. The predicted octanol–water partition coefficient (Wildman–Crippen LogP) is 2.51. The molecular formula is C18H23N5O3. The van der Waals surface area contributed by atoms with Crippen molar-refractivity contribution in [2.24, 2.45) is 5.73 Å². The van der Waals surface area contributed by atoms with Crippen LogP contribution in [0.5, 0.6) is 0 Å². The van der Waals surface area contributed by atoms with Crippen LogP contribution in [0.15, 0.2) is 22.6 Å². The minimum absolute atomic E-state index is 0.387. The van der Waals surface area contributed by atoms with E-state index in [0.717, 1.165) is 11.9 Å². The normalized spacial score (nSPS) is 12.5. The third-order valence-electron chi connectivity index (χ3n) is 4.16. The van der Waals surface area contributed by atoms with E-state index in [-0.39, 0.29) is 0 Å². The van der Waals surface area contributed by atoms with Crippen molar-refractivity contribution in [2.45, 2.75) is 46.4 Å². The van der Waals surface area contributed by atoms with Crippen molar-refractivity contribution in [3.63, 3.8) is 0 Å². The molecule has 2 aromatic heterocycles. The van der Waals surface area contributed by atoms with Crippen LogP contribution in [-0.4, -0.2) is 25.5 Å². The van der Waals surface area contributed by atoms with Gasteiger partial charge in [0.1, 0.15) is 0 Å². The fourth-order valence-electron chi connectivity index (χ4n) is 2.98. The first-order valence-corrected chi connectivity index (χ1v) is 8.65. The van der Waals surface area contributed by atoms with Gasteiger partial charge in [0.2, 0.25) is 11.9 Å². The van der Waals surface area contributed by atoms with E-state index in [0.29, 0.717) is 47.3 Å². The van der Waals surface area contributed by atoms with Gasteiger partial charge < -0.3 is 25.1 Å². The number of amides is 1.